The number of nitrogens with one attached hydrogen (secondary N) is 2. The topological polar surface area (TPSA) is 95.1 Å². The van der Waals surface area contributed by atoms with Crippen LogP contribution in [0.2, 0.25) is 0 Å². The van der Waals surface area contributed by atoms with Crippen molar-refractivity contribution in [3.8, 4) is 11.5 Å². The number of rotatable bonds is 11. The Bertz CT molecular complexity index is 1230. The van der Waals surface area contributed by atoms with Gasteiger partial charge in [-0.25, -0.2) is 0 Å². The number of carbonyl (C=O) groups is 2. The van der Waals surface area contributed by atoms with Gasteiger partial charge in [-0.05, 0) is 88.1 Å². The molecule has 0 radical (unpaired) electrons. The number of hydrogen-bond donors (Lipinski definition) is 2. The first-order valence-electron chi connectivity index (χ1n) is 15.1. The van der Waals surface area contributed by atoms with E-state index in [9.17, 15) is 9.59 Å². The van der Waals surface area contributed by atoms with Crippen molar-refractivity contribution in [3.05, 3.63) is 59.2 Å². The zero-order valence-corrected chi connectivity index (χ0v) is 26.4. The normalized spacial score (nSPS) is 20.4. The van der Waals surface area contributed by atoms with E-state index >= 15 is 0 Å². The molecule has 0 bridgehead atoms. The molecule has 42 heavy (non-hydrogen) atoms. The summed E-state index contributed by atoms with van der Waals surface area (Å²) in [6.07, 6.45) is 3.08. The van der Waals surface area contributed by atoms with Gasteiger partial charge in [-0.15, -0.1) is 0 Å². The summed E-state index contributed by atoms with van der Waals surface area (Å²) in [6, 6.07) is 13.0. The lowest BCUT2D eigenvalue weighted by atomic mass is 9.73. The highest BCUT2D eigenvalue weighted by atomic mass is 16.7. The Morgan fingerprint density at radius 1 is 0.952 bits per heavy atom. The Hall–Kier alpha value is -3.04. The van der Waals surface area contributed by atoms with Crippen LogP contribution in [-0.4, -0.2) is 56.3 Å². The predicted octanol–water partition coefficient (Wildman–Crippen LogP) is 4.70. The molecule has 3 atom stereocenters. The Morgan fingerprint density at radius 3 is 2.12 bits per heavy atom. The highest BCUT2D eigenvalue weighted by molar-refractivity contribution is 6.48. The molecule has 1 heterocycles. The van der Waals surface area contributed by atoms with Gasteiger partial charge in [-0.1, -0.05) is 44.2 Å². The molecular weight excluding hydrogens is 531 g/mol. The van der Waals surface area contributed by atoms with Gasteiger partial charge in [0.1, 0.15) is 6.04 Å². The van der Waals surface area contributed by atoms with E-state index in [0.29, 0.717) is 43.1 Å². The molecule has 1 fully saturated rings. The minimum absolute atomic E-state index is 0.123. The van der Waals surface area contributed by atoms with Crippen LogP contribution in [0.4, 0.5) is 0 Å². The van der Waals surface area contributed by atoms with Crippen molar-refractivity contribution in [3.63, 3.8) is 0 Å². The number of hydrogen-bond acceptors (Lipinski definition) is 6. The molecule has 2 aliphatic rings. The zero-order chi connectivity index (χ0) is 30.7. The maximum atomic E-state index is 13.9. The second-order valence-electron chi connectivity index (χ2n) is 13.0. The van der Waals surface area contributed by atoms with Crippen LogP contribution >= 0.6 is 0 Å². The standard InChI is InChI=1S/C33H47BN2O6/c1-21(2)16-29(34-41-32(3,4)33(5,6)42-34)36-31(38)26(17-22-12-10-9-11-13-22)35-30(37)24-15-14-23-19-27(39-7)28(40-8)20-25(23)18-24/h9-13,19-21,24,26,29H,14-18H2,1-8H3,(H,35,37)(H,36,38)/t24?,26-,29?/m0/s1. The second kappa shape index (κ2) is 13.1. The number of fused-ring (bicyclic) bond motifs is 1. The molecule has 0 spiro atoms. The molecule has 2 aromatic carbocycles. The van der Waals surface area contributed by atoms with Crippen LogP contribution < -0.4 is 20.1 Å². The van der Waals surface area contributed by atoms with Crippen LogP contribution in [0.3, 0.4) is 0 Å². The van der Waals surface area contributed by atoms with E-state index in [-0.39, 0.29) is 23.7 Å². The van der Waals surface area contributed by atoms with Gasteiger partial charge in [0.15, 0.2) is 11.5 Å². The summed E-state index contributed by atoms with van der Waals surface area (Å²) in [5.74, 6) is 0.662. The Balaban J connectivity index is 1.52. The van der Waals surface area contributed by atoms with Gasteiger partial charge in [0.05, 0.1) is 31.4 Å². The van der Waals surface area contributed by atoms with Gasteiger partial charge in [0.2, 0.25) is 11.8 Å². The van der Waals surface area contributed by atoms with Crippen molar-refractivity contribution in [1.82, 2.24) is 10.6 Å². The number of carbonyl (C=O) groups excluding carboxylic acids is 2. The first-order chi connectivity index (χ1) is 19.8. The quantitative estimate of drug-likeness (QED) is 0.376. The maximum absolute atomic E-state index is 13.9. The van der Waals surface area contributed by atoms with Crippen LogP contribution in [-0.2, 0) is 38.2 Å². The summed E-state index contributed by atoms with van der Waals surface area (Å²) in [7, 11) is 2.65. The van der Waals surface area contributed by atoms with Crippen molar-refractivity contribution >= 4 is 18.9 Å². The average Bonchev–Trinajstić information content (AvgIpc) is 3.17. The number of methoxy groups -OCH3 is 2. The molecule has 2 aromatic rings. The van der Waals surface area contributed by atoms with Crippen molar-refractivity contribution in [1.29, 1.82) is 0 Å². The first-order valence-corrected chi connectivity index (χ1v) is 15.1. The molecule has 1 saturated heterocycles. The van der Waals surface area contributed by atoms with Crippen LogP contribution in [0.1, 0.15) is 71.1 Å². The van der Waals surface area contributed by atoms with Crippen molar-refractivity contribution < 1.29 is 28.4 Å². The summed E-state index contributed by atoms with van der Waals surface area (Å²) < 4.78 is 23.6. The van der Waals surface area contributed by atoms with Crippen molar-refractivity contribution in [2.75, 3.05) is 14.2 Å². The molecule has 2 amide bonds. The summed E-state index contributed by atoms with van der Waals surface area (Å²) in [5, 5.41) is 6.31. The van der Waals surface area contributed by atoms with E-state index in [1.54, 1.807) is 14.2 Å². The van der Waals surface area contributed by atoms with Gasteiger partial charge in [-0.3, -0.25) is 9.59 Å². The monoisotopic (exact) mass is 578 g/mol. The molecule has 4 rings (SSSR count). The van der Waals surface area contributed by atoms with Gasteiger partial charge in [0, 0.05) is 12.3 Å². The highest BCUT2D eigenvalue weighted by Gasteiger charge is 2.54. The molecule has 228 valence electrons. The van der Waals surface area contributed by atoms with E-state index in [1.807, 2.05) is 70.2 Å². The molecule has 8 nitrogen and oxygen atoms in total. The summed E-state index contributed by atoms with van der Waals surface area (Å²) in [4.78, 5) is 27.6. The second-order valence-corrected chi connectivity index (χ2v) is 13.0. The molecule has 2 unspecified atom stereocenters. The first kappa shape index (κ1) is 31.9. The molecule has 0 saturated carbocycles. The average molecular weight is 579 g/mol. The van der Waals surface area contributed by atoms with Gasteiger partial charge in [0.25, 0.3) is 0 Å². The number of ether oxygens (including phenoxy) is 2. The third-order valence-electron chi connectivity index (χ3n) is 8.87. The van der Waals surface area contributed by atoms with Crippen LogP contribution in [0.15, 0.2) is 42.5 Å². The lowest BCUT2D eigenvalue weighted by Gasteiger charge is -2.32. The van der Waals surface area contributed by atoms with E-state index in [2.05, 4.69) is 24.5 Å². The third kappa shape index (κ3) is 7.29. The van der Waals surface area contributed by atoms with Crippen LogP contribution in [0.25, 0.3) is 0 Å². The fourth-order valence-corrected chi connectivity index (χ4v) is 5.74. The minimum Gasteiger partial charge on any atom is -0.493 e. The smallest absolute Gasteiger partial charge is 0.481 e. The maximum Gasteiger partial charge on any atom is 0.481 e. The molecule has 1 aliphatic heterocycles. The molecule has 1 aliphatic carbocycles. The fourth-order valence-electron chi connectivity index (χ4n) is 5.74. The molecule has 2 N–H and O–H groups in total. The highest BCUT2D eigenvalue weighted by Crippen LogP contribution is 2.38. The lowest BCUT2D eigenvalue weighted by molar-refractivity contribution is -0.131. The van der Waals surface area contributed by atoms with E-state index in [4.69, 9.17) is 18.8 Å². The SMILES string of the molecule is COc1cc2c(cc1OC)CC(C(=O)N[C@@H](Cc1ccccc1)C(=O)NC(CC(C)C)B1OC(C)(C)C(C)(C)O1)CC2. The fraction of sp³-hybridized carbons (Fsp3) is 0.576. The summed E-state index contributed by atoms with van der Waals surface area (Å²) in [5.41, 5.74) is 2.17. The minimum atomic E-state index is -0.746. The molecular formula is C33H47BN2O6. The third-order valence-corrected chi connectivity index (χ3v) is 8.87. The molecule has 0 aromatic heterocycles. The van der Waals surface area contributed by atoms with Crippen LogP contribution in [0, 0.1) is 11.8 Å². The van der Waals surface area contributed by atoms with Crippen molar-refractivity contribution in [2.24, 2.45) is 11.8 Å². The van der Waals surface area contributed by atoms with Crippen LogP contribution in [0.5, 0.6) is 11.5 Å². The number of benzene rings is 2. The van der Waals surface area contributed by atoms with E-state index < -0.39 is 24.4 Å². The summed E-state index contributed by atoms with van der Waals surface area (Å²) in [6.45, 7) is 12.3. The van der Waals surface area contributed by atoms with Gasteiger partial charge < -0.3 is 29.4 Å². The largest absolute Gasteiger partial charge is 0.493 e. The van der Waals surface area contributed by atoms with E-state index in [0.717, 1.165) is 23.1 Å². The van der Waals surface area contributed by atoms with Gasteiger partial charge in [-0.2, -0.15) is 0 Å². The van der Waals surface area contributed by atoms with E-state index in [1.165, 1.54) is 0 Å². The number of aryl methyl sites for hydroxylation is 1. The Labute approximate surface area is 251 Å². The Kier molecular flexibility index (Phi) is 9.94. The predicted molar refractivity (Wildman–Crippen MR) is 165 cm³/mol. The van der Waals surface area contributed by atoms with Gasteiger partial charge >= 0.3 is 7.12 Å². The summed E-state index contributed by atoms with van der Waals surface area (Å²) >= 11 is 0. The number of amides is 2. The van der Waals surface area contributed by atoms with Crippen molar-refractivity contribution in [2.45, 2.75) is 96.8 Å². The zero-order valence-electron chi connectivity index (χ0n) is 26.4. The molecule has 9 heteroatoms. The Morgan fingerprint density at radius 2 is 1.55 bits per heavy atom. The lowest BCUT2D eigenvalue weighted by Crippen LogP contribution is -2.56.